The zero-order valence-corrected chi connectivity index (χ0v) is 7.83. The summed E-state index contributed by atoms with van der Waals surface area (Å²) < 4.78 is 4.86. The average Bonchev–Trinajstić information content (AvgIpc) is 1.99. The summed E-state index contributed by atoms with van der Waals surface area (Å²) >= 11 is 0. The fraction of sp³-hybridized carbons (Fsp3) is 0.875. The molecule has 0 saturated carbocycles. The number of esters is 1. The Balaban J connectivity index is 3.44. The van der Waals surface area contributed by atoms with Crippen molar-refractivity contribution in [2.75, 3.05) is 13.2 Å². The number of carbonyl (C=O) groups excluding carboxylic acids is 1. The molecule has 72 valence electrons. The van der Waals surface area contributed by atoms with Gasteiger partial charge in [-0.05, 0) is 20.8 Å². The second-order valence-corrected chi connectivity index (χ2v) is 3.00. The van der Waals surface area contributed by atoms with E-state index in [4.69, 9.17) is 9.84 Å². The molecule has 0 aliphatic heterocycles. The summed E-state index contributed by atoms with van der Waals surface area (Å²) in [6.07, 6.45) is -0.0799. The molecule has 0 aliphatic carbocycles. The molecule has 0 amide bonds. The molecule has 0 fully saturated rings. The van der Waals surface area contributed by atoms with E-state index in [0.717, 1.165) is 0 Å². The SMILES string of the molecule is CC(CO)NCC(=O)OC(C)C. The van der Waals surface area contributed by atoms with E-state index in [1.807, 2.05) is 0 Å². The van der Waals surface area contributed by atoms with Crippen LogP contribution >= 0.6 is 0 Å². The molecule has 0 aromatic rings. The molecular weight excluding hydrogens is 158 g/mol. The van der Waals surface area contributed by atoms with Crippen molar-refractivity contribution in [2.45, 2.75) is 32.9 Å². The number of nitrogens with one attached hydrogen (secondary N) is 1. The first-order valence-electron chi connectivity index (χ1n) is 4.10. The third-order valence-electron chi connectivity index (χ3n) is 1.24. The Morgan fingerprint density at radius 2 is 2.08 bits per heavy atom. The Hall–Kier alpha value is -0.610. The minimum Gasteiger partial charge on any atom is -0.462 e. The van der Waals surface area contributed by atoms with E-state index in [1.54, 1.807) is 20.8 Å². The van der Waals surface area contributed by atoms with Crippen molar-refractivity contribution < 1.29 is 14.6 Å². The van der Waals surface area contributed by atoms with E-state index in [-0.39, 0.29) is 31.3 Å². The highest BCUT2D eigenvalue weighted by Crippen LogP contribution is 1.88. The summed E-state index contributed by atoms with van der Waals surface area (Å²) in [4.78, 5) is 10.9. The van der Waals surface area contributed by atoms with E-state index in [0.29, 0.717) is 0 Å². The lowest BCUT2D eigenvalue weighted by Crippen LogP contribution is -2.35. The number of hydrogen-bond donors (Lipinski definition) is 2. The molecule has 0 heterocycles. The van der Waals surface area contributed by atoms with Crippen LogP contribution in [0.25, 0.3) is 0 Å². The summed E-state index contributed by atoms with van der Waals surface area (Å²) in [5, 5.41) is 11.4. The van der Waals surface area contributed by atoms with Crippen LogP contribution in [0.4, 0.5) is 0 Å². The molecule has 0 saturated heterocycles. The largest absolute Gasteiger partial charge is 0.462 e. The van der Waals surface area contributed by atoms with Crippen LogP contribution in [0.2, 0.25) is 0 Å². The second kappa shape index (κ2) is 5.97. The van der Waals surface area contributed by atoms with Crippen molar-refractivity contribution in [3.05, 3.63) is 0 Å². The highest BCUT2D eigenvalue weighted by atomic mass is 16.5. The number of ether oxygens (including phenoxy) is 1. The molecular formula is C8H17NO3. The highest BCUT2D eigenvalue weighted by molar-refractivity contribution is 5.71. The predicted octanol–water partition coefficient (Wildman–Crippen LogP) is -0.0916. The van der Waals surface area contributed by atoms with Crippen LogP contribution in [0.15, 0.2) is 0 Å². The van der Waals surface area contributed by atoms with Gasteiger partial charge in [0.1, 0.15) is 0 Å². The third kappa shape index (κ3) is 6.12. The van der Waals surface area contributed by atoms with E-state index in [9.17, 15) is 4.79 Å². The fourth-order valence-electron chi connectivity index (χ4n) is 0.627. The highest BCUT2D eigenvalue weighted by Gasteiger charge is 2.06. The van der Waals surface area contributed by atoms with Gasteiger partial charge in [0.15, 0.2) is 0 Å². The van der Waals surface area contributed by atoms with Crippen molar-refractivity contribution in [1.82, 2.24) is 5.32 Å². The lowest BCUT2D eigenvalue weighted by Gasteiger charge is -2.11. The van der Waals surface area contributed by atoms with Crippen LogP contribution in [0.5, 0.6) is 0 Å². The first-order chi connectivity index (χ1) is 5.56. The van der Waals surface area contributed by atoms with Crippen LogP contribution in [0.1, 0.15) is 20.8 Å². The fourth-order valence-corrected chi connectivity index (χ4v) is 0.627. The Bertz CT molecular complexity index is 136. The molecule has 0 rings (SSSR count). The van der Waals surface area contributed by atoms with Crippen molar-refractivity contribution in [2.24, 2.45) is 0 Å². The number of rotatable bonds is 5. The lowest BCUT2D eigenvalue weighted by atomic mass is 10.3. The summed E-state index contributed by atoms with van der Waals surface area (Å²) in [5.41, 5.74) is 0. The average molecular weight is 175 g/mol. The van der Waals surface area contributed by atoms with Crippen LogP contribution in [-0.2, 0) is 9.53 Å². The molecule has 0 aromatic carbocycles. The smallest absolute Gasteiger partial charge is 0.320 e. The number of aliphatic hydroxyl groups excluding tert-OH is 1. The monoisotopic (exact) mass is 175 g/mol. The molecule has 0 spiro atoms. The molecule has 1 atom stereocenters. The van der Waals surface area contributed by atoms with E-state index < -0.39 is 0 Å². The Labute approximate surface area is 72.9 Å². The third-order valence-corrected chi connectivity index (χ3v) is 1.24. The lowest BCUT2D eigenvalue weighted by molar-refractivity contribution is -0.146. The van der Waals surface area contributed by atoms with Gasteiger partial charge in [0.25, 0.3) is 0 Å². The molecule has 4 nitrogen and oxygen atoms in total. The summed E-state index contributed by atoms with van der Waals surface area (Å²) in [6, 6.07) is -0.0651. The molecule has 2 N–H and O–H groups in total. The molecule has 1 unspecified atom stereocenters. The number of carbonyl (C=O) groups is 1. The maximum absolute atomic E-state index is 10.9. The van der Waals surface area contributed by atoms with Gasteiger partial charge in [0, 0.05) is 6.04 Å². The zero-order chi connectivity index (χ0) is 9.56. The van der Waals surface area contributed by atoms with Crippen LogP contribution in [0, 0.1) is 0 Å². The standard InChI is InChI=1S/C8H17NO3/c1-6(2)12-8(11)4-9-7(3)5-10/h6-7,9-10H,4-5H2,1-3H3. The van der Waals surface area contributed by atoms with Gasteiger partial charge >= 0.3 is 5.97 Å². The minimum atomic E-state index is -0.287. The normalized spacial score (nSPS) is 13.1. The maximum atomic E-state index is 10.9. The molecule has 0 radical (unpaired) electrons. The number of hydrogen-bond acceptors (Lipinski definition) is 4. The van der Waals surface area contributed by atoms with Crippen LogP contribution < -0.4 is 5.32 Å². The van der Waals surface area contributed by atoms with Crippen LogP contribution in [-0.4, -0.2) is 36.4 Å². The van der Waals surface area contributed by atoms with Gasteiger partial charge in [0.2, 0.25) is 0 Å². The van der Waals surface area contributed by atoms with Crippen LogP contribution in [0.3, 0.4) is 0 Å². The first-order valence-corrected chi connectivity index (χ1v) is 4.10. The quantitative estimate of drug-likeness (QED) is 0.573. The molecule has 12 heavy (non-hydrogen) atoms. The zero-order valence-electron chi connectivity index (χ0n) is 7.83. The van der Waals surface area contributed by atoms with Gasteiger partial charge in [0.05, 0.1) is 19.3 Å². The van der Waals surface area contributed by atoms with Crippen molar-refractivity contribution in [1.29, 1.82) is 0 Å². The minimum absolute atomic E-state index is 0.0228. The van der Waals surface area contributed by atoms with Gasteiger partial charge in [-0.1, -0.05) is 0 Å². The summed E-state index contributed by atoms with van der Waals surface area (Å²) in [5.74, 6) is -0.287. The van der Waals surface area contributed by atoms with Gasteiger partial charge in [-0.15, -0.1) is 0 Å². The van der Waals surface area contributed by atoms with Gasteiger partial charge in [-0.25, -0.2) is 0 Å². The Morgan fingerprint density at radius 1 is 1.50 bits per heavy atom. The van der Waals surface area contributed by atoms with Gasteiger partial charge < -0.3 is 15.2 Å². The van der Waals surface area contributed by atoms with E-state index in [2.05, 4.69) is 5.32 Å². The van der Waals surface area contributed by atoms with Gasteiger partial charge in [-0.3, -0.25) is 4.79 Å². The van der Waals surface area contributed by atoms with Crippen molar-refractivity contribution in [3.63, 3.8) is 0 Å². The molecule has 0 bridgehead atoms. The van der Waals surface area contributed by atoms with Crippen molar-refractivity contribution in [3.8, 4) is 0 Å². The molecule has 0 aliphatic rings. The van der Waals surface area contributed by atoms with Gasteiger partial charge in [-0.2, -0.15) is 0 Å². The maximum Gasteiger partial charge on any atom is 0.320 e. The first kappa shape index (κ1) is 11.4. The van der Waals surface area contributed by atoms with E-state index in [1.165, 1.54) is 0 Å². The summed E-state index contributed by atoms with van der Waals surface area (Å²) in [7, 11) is 0. The Kier molecular flexibility index (Phi) is 5.66. The topological polar surface area (TPSA) is 58.6 Å². The predicted molar refractivity (Wildman–Crippen MR) is 45.8 cm³/mol. The van der Waals surface area contributed by atoms with E-state index >= 15 is 0 Å². The Morgan fingerprint density at radius 3 is 2.50 bits per heavy atom. The second-order valence-electron chi connectivity index (χ2n) is 3.00. The van der Waals surface area contributed by atoms with Crippen molar-refractivity contribution >= 4 is 5.97 Å². The summed E-state index contributed by atoms with van der Waals surface area (Å²) in [6.45, 7) is 5.57. The molecule has 0 aromatic heterocycles. The molecule has 4 heteroatoms. The number of aliphatic hydroxyl groups is 1.